The number of hydrogen-bond acceptors (Lipinski definition) is 7. The van der Waals surface area contributed by atoms with E-state index in [9.17, 15) is 19.8 Å². The number of hydrogen-bond donors (Lipinski definition) is 3. The van der Waals surface area contributed by atoms with Crippen molar-refractivity contribution in [1.29, 1.82) is 0 Å². The van der Waals surface area contributed by atoms with E-state index in [1.165, 1.54) is 199 Å². The molecule has 388 valence electrons. The molecule has 0 bridgehead atoms. The Hall–Kier alpha value is -4.78. The first kappa shape index (κ1) is 59.5. The first-order valence-electron chi connectivity index (χ1n) is 28.1. The minimum atomic E-state index is -0.688. The Morgan fingerprint density at radius 3 is 1.04 bits per heavy atom. The molecule has 0 spiro atoms. The second kappa shape index (κ2) is 38.9. The fourth-order valence-corrected chi connectivity index (χ4v) is 9.05. The van der Waals surface area contributed by atoms with Gasteiger partial charge in [0.25, 0.3) is 0 Å². The van der Waals surface area contributed by atoms with Crippen molar-refractivity contribution in [2.24, 2.45) is 0 Å². The summed E-state index contributed by atoms with van der Waals surface area (Å²) in [6.45, 7) is 7.94. The average molecular weight is 963 g/mol. The van der Waals surface area contributed by atoms with Crippen LogP contribution in [-0.4, -0.2) is 40.1 Å². The summed E-state index contributed by atoms with van der Waals surface area (Å²) < 4.78 is 12.9. The number of aryl methyl sites for hydroxylation is 1. The summed E-state index contributed by atoms with van der Waals surface area (Å²) in [5.41, 5.74) is 2.68. The number of aromatic hydroxyl groups is 3. The van der Waals surface area contributed by atoms with Crippen LogP contribution in [0.3, 0.4) is 0 Å². The number of carbonyl (C=O) groups excluding carboxylic acids is 2. The van der Waals surface area contributed by atoms with E-state index in [1.54, 1.807) is 30.3 Å². The maximum Gasteiger partial charge on any atom is 0.201 e. The van der Waals surface area contributed by atoms with E-state index < -0.39 is 23.0 Å². The van der Waals surface area contributed by atoms with Crippen molar-refractivity contribution >= 4 is 11.6 Å². The lowest BCUT2D eigenvalue weighted by atomic mass is 10.00. The summed E-state index contributed by atoms with van der Waals surface area (Å²) in [5.74, 6) is -0.795. The van der Waals surface area contributed by atoms with Gasteiger partial charge in [0.05, 0.1) is 24.3 Å². The van der Waals surface area contributed by atoms with Crippen molar-refractivity contribution in [3.8, 4) is 28.7 Å². The highest BCUT2D eigenvalue weighted by Gasteiger charge is 2.21. The van der Waals surface area contributed by atoms with Gasteiger partial charge in [-0.25, -0.2) is 0 Å². The monoisotopic (exact) mass is 963 g/mol. The Morgan fingerprint density at radius 2 is 0.671 bits per heavy atom. The van der Waals surface area contributed by atoms with Gasteiger partial charge in [-0.3, -0.25) is 9.59 Å². The molecule has 0 amide bonds. The van der Waals surface area contributed by atoms with Crippen LogP contribution in [0, 0.1) is 6.92 Å². The van der Waals surface area contributed by atoms with E-state index in [-0.39, 0.29) is 11.3 Å². The van der Waals surface area contributed by atoms with Gasteiger partial charge in [-0.1, -0.05) is 273 Å². The maximum atomic E-state index is 13.6. The van der Waals surface area contributed by atoms with Crippen molar-refractivity contribution in [2.75, 3.05) is 13.2 Å². The molecule has 0 unspecified atom stereocenters. The quantitative estimate of drug-likeness (QED) is 0.0231. The molecule has 7 nitrogen and oxygen atoms in total. The SMILES string of the molecule is CCCCCCCCCCCCCCCCCCOc1c(C)ccc(C(=O)c2ccccc2)c1OCCCCCCCCCCCCCCCCCC.O=C(c1ccccc1)c1ccc(O)c(O)c1O. The highest BCUT2D eigenvalue weighted by Crippen LogP contribution is 2.38. The van der Waals surface area contributed by atoms with Crippen LogP contribution < -0.4 is 9.47 Å². The molecule has 0 aliphatic rings. The van der Waals surface area contributed by atoms with Crippen LogP contribution in [0.2, 0.25) is 0 Å². The lowest BCUT2D eigenvalue weighted by Crippen LogP contribution is -2.10. The predicted molar refractivity (Wildman–Crippen MR) is 292 cm³/mol. The highest BCUT2D eigenvalue weighted by atomic mass is 16.5. The largest absolute Gasteiger partial charge is 0.504 e. The maximum absolute atomic E-state index is 13.6. The molecule has 0 atom stereocenters. The molecule has 0 aromatic heterocycles. The predicted octanol–water partition coefficient (Wildman–Crippen LogP) is 18.5. The first-order chi connectivity index (χ1) is 34.3. The smallest absolute Gasteiger partial charge is 0.201 e. The van der Waals surface area contributed by atoms with Crippen LogP contribution in [0.15, 0.2) is 84.9 Å². The molecule has 0 aliphatic carbocycles. The third-order valence-corrected chi connectivity index (χ3v) is 13.5. The van der Waals surface area contributed by atoms with Crippen LogP contribution in [0.4, 0.5) is 0 Å². The molecule has 7 heteroatoms. The molecule has 3 N–H and O–H groups in total. The van der Waals surface area contributed by atoms with E-state index in [0.717, 1.165) is 30.2 Å². The van der Waals surface area contributed by atoms with Gasteiger partial charge in [-0.2, -0.15) is 0 Å². The molecule has 4 aromatic rings. The number of ketones is 2. The molecule has 4 aromatic carbocycles. The standard InChI is InChI=1S/C50H84O3.C13H10O4/c1-4-6-8-10-12-14-16-18-20-22-24-26-28-30-32-37-43-52-49-45(3)41-42-47(48(51)46-39-35-34-36-40-46)50(49)53-44-38-33-31-29-27-25-23-21-19-17-15-13-11-9-7-5-2;14-10-7-6-9(12(16)13(10)17)11(15)8-4-2-1-3-5-8/h34-36,39-42H,4-33,37-38,43-44H2,1-3H3;1-7,14,16-17H. The first-order valence-corrected chi connectivity index (χ1v) is 28.1. The molecule has 0 radical (unpaired) electrons. The highest BCUT2D eigenvalue weighted by molar-refractivity contribution is 6.12. The third-order valence-electron chi connectivity index (χ3n) is 13.5. The minimum absolute atomic E-state index is 0.000155. The van der Waals surface area contributed by atoms with Crippen LogP contribution in [0.1, 0.15) is 257 Å². The normalized spacial score (nSPS) is 11.0. The molecule has 4 rings (SSSR count). The van der Waals surface area contributed by atoms with E-state index >= 15 is 0 Å². The second-order valence-corrected chi connectivity index (χ2v) is 19.6. The van der Waals surface area contributed by atoms with Crippen molar-refractivity contribution in [3.05, 3.63) is 113 Å². The zero-order chi connectivity index (χ0) is 50.3. The molecule has 0 heterocycles. The summed E-state index contributed by atoms with van der Waals surface area (Å²) in [5, 5.41) is 28.1. The van der Waals surface area contributed by atoms with Gasteiger partial charge in [0.15, 0.2) is 34.6 Å². The van der Waals surface area contributed by atoms with E-state index in [0.29, 0.717) is 35.7 Å². The second-order valence-electron chi connectivity index (χ2n) is 19.6. The summed E-state index contributed by atoms with van der Waals surface area (Å²) in [4.78, 5) is 25.6. The Kier molecular flexibility index (Phi) is 33.1. The van der Waals surface area contributed by atoms with Crippen LogP contribution in [0.5, 0.6) is 28.7 Å². The summed E-state index contributed by atoms with van der Waals surface area (Å²) in [6.07, 6.45) is 43.3. The van der Waals surface area contributed by atoms with Gasteiger partial charge in [0, 0.05) is 11.1 Å². The molecular formula is C63H94O7. The Balaban J connectivity index is 0.000000633. The fraction of sp³-hybridized carbons (Fsp3) is 0.587. The van der Waals surface area contributed by atoms with Crippen molar-refractivity contribution in [2.45, 2.75) is 226 Å². The number of ether oxygens (including phenoxy) is 2. The number of unbranched alkanes of at least 4 members (excludes halogenated alkanes) is 30. The molecule has 0 aliphatic heterocycles. The lowest BCUT2D eigenvalue weighted by Gasteiger charge is -2.18. The van der Waals surface area contributed by atoms with Gasteiger partial charge in [0.2, 0.25) is 5.75 Å². The molecule has 70 heavy (non-hydrogen) atoms. The Morgan fingerprint density at radius 1 is 0.357 bits per heavy atom. The Labute approximate surface area is 425 Å². The van der Waals surface area contributed by atoms with Crippen molar-refractivity contribution in [3.63, 3.8) is 0 Å². The minimum Gasteiger partial charge on any atom is -0.504 e. The fourth-order valence-electron chi connectivity index (χ4n) is 9.05. The van der Waals surface area contributed by atoms with E-state index in [1.807, 2.05) is 42.5 Å². The topological polar surface area (TPSA) is 113 Å². The van der Waals surface area contributed by atoms with E-state index in [4.69, 9.17) is 14.6 Å². The van der Waals surface area contributed by atoms with Crippen molar-refractivity contribution < 1.29 is 34.4 Å². The van der Waals surface area contributed by atoms with Gasteiger partial charge < -0.3 is 24.8 Å². The zero-order valence-electron chi connectivity index (χ0n) is 44.1. The van der Waals surface area contributed by atoms with Crippen LogP contribution in [0.25, 0.3) is 0 Å². The molecule has 0 saturated heterocycles. The van der Waals surface area contributed by atoms with Crippen molar-refractivity contribution in [1.82, 2.24) is 0 Å². The van der Waals surface area contributed by atoms with Gasteiger partial charge in [-0.15, -0.1) is 0 Å². The van der Waals surface area contributed by atoms with Gasteiger partial charge in [-0.05, 0) is 43.5 Å². The number of benzene rings is 4. The Bertz CT molecular complexity index is 1940. The van der Waals surface area contributed by atoms with Crippen LogP contribution >= 0.6 is 0 Å². The molecular weight excluding hydrogens is 869 g/mol. The summed E-state index contributed by atoms with van der Waals surface area (Å²) >= 11 is 0. The number of rotatable bonds is 40. The number of phenols is 3. The summed E-state index contributed by atoms with van der Waals surface area (Å²) in [7, 11) is 0. The van der Waals surface area contributed by atoms with E-state index in [2.05, 4.69) is 20.8 Å². The molecule has 0 fully saturated rings. The lowest BCUT2D eigenvalue weighted by molar-refractivity contribution is 0.102. The third kappa shape index (κ3) is 24.9. The number of carbonyl (C=O) groups is 2. The number of phenolic OH excluding ortho intramolecular Hbond substituents is 3. The summed E-state index contributed by atoms with van der Waals surface area (Å²) in [6, 6.07) is 24.3. The average Bonchev–Trinajstić information content (AvgIpc) is 3.38. The van der Waals surface area contributed by atoms with Crippen LogP contribution in [-0.2, 0) is 0 Å². The van der Waals surface area contributed by atoms with Gasteiger partial charge >= 0.3 is 0 Å². The van der Waals surface area contributed by atoms with Gasteiger partial charge in [0.1, 0.15) is 0 Å². The zero-order valence-corrected chi connectivity index (χ0v) is 44.1. The molecule has 0 saturated carbocycles.